The fraction of sp³-hybridized carbons (Fsp3) is 0.0833. The van der Waals surface area contributed by atoms with E-state index in [2.05, 4.69) is 25.5 Å². The molecule has 5 aromatic rings. The van der Waals surface area contributed by atoms with Gasteiger partial charge in [-0.2, -0.15) is 0 Å². The van der Waals surface area contributed by atoms with E-state index in [1.807, 2.05) is 47.9 Å². The van der Waals surface area contributed by atoms with E-state index in [1.54, 1.807) is 43.7 Å². The van der Waals surface area contributed by atoms with Crippen LogP contribution < -0.4 is 10.9 Å². The van der Waals surface area contributed by atoms with Crippen LogP contribution in [0, 0.1) is 6.92 Å². The molecule has 0 unspecified atom stereocenters. The smallest absolute Gasteiger partial charge is 0.263 e. The minimum Gasteiger partial charge on any atom is -0.317 e. The SMILES string of the molecule is Cc1ccc(-c2cc(C(=O)Nc3cccc(-c4nnc5ccccn45)n3)c(=O)n(C)c2)cn1. The molecule has 0 aliphatic rings. The van der Waals surface area contributed by atoms with Gasteiger partial charge in [-0.25, -0.2) is 4.98 Å². The van der Waals surface area contributed by atoms with Crippen molar-refractivity contribution < 1.29 is 4.79 Å². The highest BCUT2D eigenvalue weighted by atomic mass is 16.2. The molecule has 0 aliphatic carbocycles. The zero-order valence-electron chi connectivity index (χ0n) is 17.9. The maximum atomic E-state index is 13.0. The number of aromatic nitrogens is 6. The maximum Gasteiger partial charge on any atom is 0.263 e. The van der Waals surface area contributed by atoms with Crippen LogP contribution in [-0.4, -0.2) is 35.0 Å². The highest BCUT2D eigenvalue weighted by Gasteiger charge is 2.16. The lowest BCUT2D eigenvalue weighted by Gasteiger charge is -2.10. The summed E-state index contributed by atoms with van der Waals surface area (Å²) < 4.78 is 3.19. The number of nitrogens with zero attached hydrogens (tertiary/aromatic N) is 6. The molecular weight excluding hydrogens is 418 g/mol. The van der Waals surface area contributed by atoms with Gasteiger partial charge in [-0.05, 0) is 43.3 Å². The second-order valence-corrected chi connectivity index (χ2v) is 7.56. The van der Waals surface area contributed by atoms with Crippen molar-refractivity contribution in [1.29, 1.82) is 0 Å². The van der Waals surface area contributed by atoms with E-state index >= 15 is 0 Å². The van der Waals surface area contributed by atoms with E-state index in [-0.39, 0.29) is 5.56 Å². The molecule has 0 bridgehead atoms. The lowest BCUT2D eigenvalue weighted by atomic mass is 10.1. The third-order valence-electron chi connectivity index (χ3n) is 5.21. The summed E-state index contributed by atoms with van der Waals surface area (Å²) in [6, 6.07) is 16.1. The quantitative estimate of drug-likeness (QED) is 0.463. The fourth-order valence-electron chi connectivity index (χ4n) is 3.50. The van der Waals surface area contributed by atoms with Crippen LogP contribution in [0.3, 0.4) is 0 Å². The van der Waals surface area contributed by atoms with Crippen molar-refractivity contribution in [2.45, 2.75) is 6.92 Å². The first-order chi connectivity index (χ1) is 16.0. The highest BCUT2D eigenvalue weighted by molar-refractivity contribution is 6.04. The van der Waals surface area contributed by atoms with Crippen molar-refractivity contribution in [3.8, 4) is 22.6 Å². The summed E-state index contributed by atoms with van der Waals surface area (Å²) in [5.41, 5.74) is 3.24. The molecule has 0 fully saturated rings. The van der Waals surface area contributed by atoms with Crippen LogP contribution in [0.15, 0.2) is 78.0 Å². The van der Waals surface area contributed by atoms with E-state index in [0.717, 1.165) is 11.3 Å². The van der Waals surface area contributed by atoms with Crippen LogP contribution in [0.25, 0.3) is 28.3 Å². The number of hydrogen-bond acceptors (Lipinski definition) is 6. The third-order valence-corrected chi connectivity index (χ3v) is 5.21. The van der Waals surface area contributed by atoms with E-state index in [1.165, 1.54) is 4.57 Å². The predicted molar refractivity (Wildman–Crippen MR) is 124 cm³/mol. The average molecular weight is 437 g/mol. The lowest BCUT2D eigenvalue weighted by Crippen LogP contribution is -2.27. The monoisotopic (exact) mass is 437 g/mol. The molecule has 0 radical (unpaired) electrons. The molecule has 1 amide bonds. The van der Waals surface area contributed by atoms with Gasteiger partial charge in [0.15, 0.2) is 11.5 Å². The Balaban J connectivity index is 1.47. The second kappa shape index (κ2) is 8.12. The zero-order chi connectivity index (χ0) is 22.9. The number of fused-ring (bicyclic) bond motifs is 1. The van der Waals surface area contributed by atoms with Crippen LogP contribution in [0.2, 0.25) is 0 Å². The Morgan fingerprint density at radius 2 is 1.88 bits per heavy atom. The first-order valence-corrected chi connectivity index (χ1v) is 10.2. The van der Waals surface area contributed by atoms with Gasteiger partial charge >= 0.3 is 0 Å². The number of amides is 1. The van der Waals surface area contributed by atoms with Gasteiger partial charge in [0.25, 0.3) is 11.5 Å². The Kier molecular flexibility index (Phi) is 4.98. The topological polar surface area (TPSA) is 107 Å². The van der Waals surface area contributed by atoms with Crippen LogP contribution in [0.5, 0.6) is 0 Å². The molecule has 0 atom stereocenters. The van der Waals surface area contributed by atoms with E-state index in [4.69, 9.17) is 0 Å². The van der Waals surface area contributed by atoms with Gasteiger partial charge in [-0.1, -0.05) is 18.2 Å². The Morgan fingerprint density at radius 1 is 1.00 bits per heavy atom. The molecule has 5 aromatic heterocycles. The van der Waals surface area contributed by atoms with Gasteiger partial charge < -0.3 is 9.88 Å². The first kappa shape index (κ1) is 20.3. The van der Waals surface area contributed by atoms with Gasteiger partial charge in [0.2, 0.25) is 0 Å². The Labute approximate surface area is 188 Å². The molecule has 0 saturated heterocycles. The van der Waals surface area contributed by atoms with Gasteiger partial charge in [-0.3, -0.25) is 19.0 Å². The van der Waals surface area contributed by atoms with Crippen molar-refractivity contribution in [1.82, 2.24) is 29.1 Å². The maximum absolute atomic E-state index is 13.0. The molecule has 33 heavy (non-hydrogen) atoms. The summed E-state index contributed by atoms with van der Waals surface area (Å²) in [4.78, 5) is 34.5. The fourth-order valence-corrected chi connectivity index (χ4v) is 3.50. The first-order valence-electron chi connectivity index (χ1n) is 10.2. The highest BCUT2D eigenvalue weighted by Crippen LogP contribution is 2.20. The Hall–Kier alpha value is -4.66. The number of aryl methyl sites for hydroxylation is 2. The minimum absolute atomic E-state index is 0.00991. The van der Waals surface area contributed by atoms with Crippen molar-refractivity contribution in [3.63, 3.8) is 0 Å². The summed E-state index contributed by atoms with van der Waals surface area (Å²) >= 11 is 0. The molecule has 9 nitrogen and oxygen atoms in total. The molecule has 0 spiro atoms. The van der Waals surface area contributed by atoms with Gasteiger partial charge in [0, 0.05) is 42.5 Å². The Bertz CT molecular complexity index is 1550. The van der Waals surface area contributed by atoms with Crippen LogP contribution in [-0.2, 0) is 7.05 Å². The normalized spacial score (nSPS) is 11.0. The number of anilines is 1. The summed E-state index contributed by atoms with van der Waals surface area (Å²) in [5, 5.41) is 11.1. The molecule has 0 aromatic carbocycles. The summed E-state index contributed by atoms with van der Waals surface area (Å²) in [6.45, 7) is 1.90. The summed E-state index contributed by atoms with van der Waals surface area (Å²) in [7, 11) is 1.61. The van der Waals surface area contributed by atoms with Gasteiger partial charge in [-0.15, -0.1) is 10.2 Å². The molecule has 1 N–H and O–H groups in total. The number of carbonyl (C=O) groups excluding carboxylic acids is 1. The molecule has 5 heterocycles. The van der Waals surface area contributed by atoms with E-state index < -0.39 is 11.5 Å². The minimum atomic E-state index is -0.548. The lowest BCUT2D eigenvalue weighted by molar-refractivity contribution is 0.102. The predicted octanol–water partition coefficient (Wildman–Crippen LogP) is 3.11. The molecule has 5 rings (SSSR count). The van der Waals surface area contributed by atoms with Gasteiger partial charge in [0.1, 0.15) is 17.1 Å². The van der Waals surface area contributed by atoms with Crippen molar-refractivity contribution >= 4 is 17.4 Å². The van der Waals surface area contributed by atoms with Crippen molar-refractivity contribution in [2.24, 2.45) is 7.05 Å². The summed E-state index contributed by atoms with van der Waals surface area (Å²) in [5.74, 6) is 0.300. The standard InChI is InChI=1S/C24H19N7O2/c1-15-9-10-16(13-25-15)17-12-18(24(33)30(2)14-17)23(32)27-20-7-5-6-19(26-20)22-29-28-21-8-3-4-11-31(21)22/h3-14H,1-2H3,(H,26,27,32). The zero-order valence-corrected chi connectivity index (χ0v) is 17.9. The summed E-state index contributed by atoms with van der Waals surface area (Å²) in [6.07, 6.45) is 5.23. The number of rotatable bonds is 4. The van der Waals surface area contributed by atoms with Crippen molar-refractivity contribution in [2.75, 3.05) is 5.32 Å². The number of nitrogens with one attached hydrogen (secondary N) is 1. The number of hydrogen-bond donors (Lipinski definition) is 1. The van der Waals surface area contributed by atoms with Crippen molar-refractivity contribution in [3.05, 3.63) is 94.8 Å². The number of carbonyl (C=O) groups is 1. The molecule has 162 valence electrons. The van der Waals surface area contributed by atoms with Crippen LogP contribution in [0.1, 0.15) is 16.1 Å². The second-order valence-electron chi connectivity index (χ2n) is 7.56. The average Bonchev–Trinajstić information content (AvgIpc) is 3.26. The molecular formula is C24H19N7O2. The largest absolute Gasteiger partial charge is 0.317 e. The third kappa shape index (κ3) is 3.87. The van der Waals surface area contributed by atoms with Crippen LogP contribution in [0.4, 0.5) is 5.82 Å². The molecule has 0 saturated carbocycles. The van der Waals surface area contributed by atoms with Crippen LogP contribution >= 0.6 is 0 Å². The molecule has 9 heteroatoms. The Morgan fingerprint density at radius 3 is 2.70 bits per heavy atom. The number of pyridine rings is 4. The van der Waals surface area contributed by atoms with E-state index in [0.29, 0.717) is 28.5 Å². The van der Waals surface area contributed by atoms with Gasteiger partial charge in [0.05, 0.1) is 0 Å². The molecule has 0 aliphatic heterocycles. The van der Waals surface area contributed by atoms with E-state index in [9.17, 15) is 9.59 Å².